The molecule has 0 unspecified atom stereocenters. The minimum absolute atomic E-state index is 0.487. The van der Waals surface area contributed by atoms with Gasteiger partial charge in [-0.2, -0.15) is 5.10 Å². The molecule has 0 radical (unpaired) electrons. The Labute approximate surface area is 104 Å². The van der Waals surface area contributed by atoms with Crippen LogP contribution >= 0.6 is 0 Å². The van der Waals surface area contributed by atoms with Gasteiger partial charge < -0.3 is 5.73 Å². The van der Waals surface area contributed by atoms with Gasteiger partial charge in [-0.15, -0.1) is 0 Å². The van der Waals surface area contributed by atoms with Gasteiger partial charge in [0, 0.05) is 0 Å². The molecule has 1 aromatic heterocycles. The van der Waals surface area contributed by atoms with Crippen molar-refractivity contribution in [3.05, 3.63) is 30.1 Å². The Morgan fingerprint density at radius 1 is 1.53 bits per heavy atom. The summed E-state index contributed by atoms with van der Waals surface area (Å²) < 4.78 is 1.90. The molecule has 17 heavy (non-hydrogen) atoms. The van der Waals surface area contributed by atoms with Crippen LogP contribution in [0.2, 0.25) is 0 Å². The first-order valence-corrected chi connectivity index (χ1v) is 6.25. The Kier molecular flexibility index (Phi) is 5.01. The lowest BCUT2D eigenvalue weighted by Crippen LogP contribution is -2.02. The van der Waals surface area contributed by atoms with Gasteiger partial charge in [-0.25, -0.2) is 4.68 Å². The SMILES string of the molecule is CCC/C=C\C(=C/C(C)C)n1ncc(N)c1C. The number of anilines is 1. The third-order valence-electron chi connectivity index (χ3n) is 2.54. The number of hydrogen-bond donors (Lipinski definition) is 1. The van der Waals surface area contributed by atoms with E-state index in [0.29, 0.717) is 5.92 Å². The van der Waals surface area contributed by atoms with Gasteiger partial charge in [0.05, 0.1) is 23.3 Å². The maximum Gasteiger partial charge on any atom is 0.0734 e. The predicted octanol–water partition coefficient (Wildman–Crippen LogP) is 3.63. The summed E-state index contributed by atoms with van der Waals surface area (Å²) in [6.45, 7) is 8.49. The van der Waals surface area contributed by atoms with E-state index >= 15 is 0 Å². The highest BCUT2D eigenvalue weighted by Gasteiger charge is 2.06. The number of hydrogen-bond acceptors (Lipinski definition) is 2. The van der Waals surface area contributed by atoms with Crippen molar-refractivity contribution in [2.45, 2.75) is 40.5 Å². The van der Waals surface area contributed by atoms with E-state index in [0.717, 1.165) is 29.9 Å². The predicted molar refractivity (Wildman–Crippen MR) is 74.5 cm³/mol. The summed E-state index contributed by atoms with van der Waals surface area (Å²) in [5, 5.41) is 4.32. The lowest BCUT2D eigenvalue weighted by molar-refractivity contribution is 0.806. The molecular weight excluding hydrogens is 210 g/mol. The van der Waals surface area contributed by atoms with Gasteiger partial charge in [-0.1, -0.05) is 39.3 Å². The van der Waals surface area contributed by atoms with Gasteiger partial charge in [0.2, 0.25) is 0 Å². The monoisotopic (exact) mass is 233 g/mol. The number of nitrogen functional groups attached to an aromatic ring is 1. The van der Waals surface area contributed by atoms with E-state index in [1.807, 2.05) is 11.6 Å². The summed E-state index contributed by atoms with van der Waals surface area (Å²) in [7, 11) is 0. The molecule has 3 heteroatoms. The molecule has 0 aliphatic heterocycles. The normalized spacial score (nSPS) is 12.9. The second kappa shape index (κ2) is 6.28. The topological polar surface area (TPSA) is 43.8 Å². The van der Waals surface area contributed by atoms with Gasteiger partial charge >= 0.3 is 0 Å². The van der Waals surface area contributed by atoms with Crippen LogP contribution in [0, 0.1) is 12.8 Å². The molecule has 1 heterocycles. The zero-order valence-electron chi connectivity index (χ0n) is 11.3. The van der Waals surface area contributed by atoms with Crippen molar-refractivity contribution in [1.82, 2.24) is 9.78 Å². The zero-order chi connectivity index (χ0) is 12.8. The number of unbranched alkanes of at least 4 members (excludes halogenated alkanes) is 1. The highest BCUT2D eigenvalue weighted by molar-refractivity contribution is 5.60. The van der Waals surface area contributed by atoms with E-state index < -0.39 is 0 Å². The largest absolute Gasteiger partial charge is 0.396 e. The molecule has 3 nitrogen and oxygen atoms in total. The second-order valence-corrected chi connectivity index (χ2v) is 4.62. The average Bonchev–Trinajstić information content (AvgIpc) is 2.58. The molecule has 0 aliphatic carbocycles. The van der Waals surface area contributed by atoms with Crippen LogP contribution in [-0.2, 0) is 0 Å². The Morgan fingerprint density at radius 2 is 2.24 bits per heavy atom. The first-order chi connectivity index (χ1) is 8.06. The standard InChI is InChI=1S/C14H23N3/c1-5-6-7-8-13(9-11(2)3)17-12(4)14(15)10-16-17/h7-11H,5-6,15H2,1-4H3/b8-7-,13-9+. The lowest BCUT2D eigenvalue weighted by Gasteiger charge is -2.07. The Hall–Kier alpha value is -1.51. The van der Waals surface area contributed by atoms with Gasteiger partial charge in [0.1, 0.15) is 0 Å². The number of allylic oxidation sites excluding steroid dienone is 4. The molecule has 0 bridgehead atoms. The molecule has 0 atom stereocenters. The van der Waals surface area contributed by atoms with Gasteiger partial charge in [0.25, 0.3) is 0 Å². The molecule has 0 saturated heterocycles. The van der Waals surface area contributed by atoms with Crippen molar-refractivity contribution < 1.29 is 0 Å². The van der Waals surface area contributed by atoms with Crippen LogP contribution in [0.15, 0.2) is 24.4 Å². The molecule has 0 aliphatic rings. The summed E-state index contributed by atoms with van der Waals surface area (Å²) in [5.41, 5.74) is 8.67. The maximum absolute atomic E-state index is 5.83. The molecule has 0 saturated carbocycles. The van der Waals surface area contributed by atoms with E-state index in [-0.39, 0.29) is 0 Å². The van der Waals surface area contributed by atoms with Gasteiger partial charge in [0.15, 0.2) is 0 Å². The van der Waals surface area contributed by atoms with Crippen LogP contribution in [0.25, 0.3) is 5.70 Å². The summed E-state index contributed by atoms with van der Waals surface area (Å²) >= 11 is 0. The smallest absolute Gasteiger partial charge is 0.0734 e. The van der Waals surface area contributed by atoms with Crippen LogP contribution in [0.1, 0.15) is 39.3 Å². The fourth-order valence-electron chi connectivity index (χ4n) is 1.59. The Morgan fingerprint density at radius 3 is 2.71 bits per heavy atom. The molecule has 0 fully saturated rings. The molecule has 2 N–H and O–H groups in total. The summed E-state index contributed by atoms with van der Waals surface area (Å²) in [6.07, 6.45) is 10.5. The highest BCUT2D eigenvalue weighted by Crippen LogP contribution is 2.17. The van der Waals surface area contributed by atoms with Crippen molar-refractivity contribution in [3.8, 4) is 0 Å². The fraction of sp³-hybridized carbons (Fsp3) is 0.500. The Balaban J connectivity index is 3.03. The number of nitrogens with two attached hydrogens (primary N) is 1. The molecule has 1 rings (SSSR count). The van der Waals surface area contributed by atoms with Crippen LogP contribution in [0.4, 0.5) is 5.69 Å². The maximum atomic E-state index is 5.83. The van der Waals surface area contributed by atoms with Crippen LogP contribution < -0.4 is 5.73 Å². The van der Waals surface area contributed by atoms with Crippen LogP contribution in [0.5, 0.6) is 0 Å². The van der Waals surface area contributed by atoms with Crippen molar-refractivity contribution in [1.29, 1.82) is 0 Å². The van der Waals surface area contributed by atoms with Crippen LogP contribution in [0.3, 0.4) is 0 Å². The van der Waals surface area contributed by atoms with E-state index in [2.05, 4.69) is 44.1 Å². The summed E-state index contributed by atoms with van der Waals surface area (Å²) in [4.78, 5) is 0. The molecule has 0 amide bonds. The van der Waals surface area contributed by atoms with Crippen molar-refractivity contribution in [2.75, 3.05) is 5.73 Å². The number of nitrogens with zero attached hydrogens (tertiary/aromatic N) is 2. The van der Waals surface area contributed by atoms with E-state index in [9.17, 15) is 0 Å². The van der Waals surface area contributed by atoms with Crippen molar-refractivity contribution >= 4 is 11.4 Å². The average molecular weight is 233 g/mol. The van der Waals surface area contributed by atoms with E-state index in [1.165, 1.54) is 0 Å². The Bertz CT molecular complexity index is 411. The fourth-order valence-corrected chi connectivity index (χ4v) is 1.59. The zero-order valence-corrected chi connectivity index (χ0v) is 11.3. The molecule has 0 spiro atoms. The highest BCUT2D eigenvalue weighted by atomic mass is 15.3. The van der Waals surface area contributed by atoms with E-state index in [1.54, 1.807) is 6.20 Å². The van der Waals surface area contributed by atoms with Gasteiger partial charge in [-0.05, 0) is 25.3 Å². The van der Waals surface area contributed by atoms with E-state index in [4.69, 9.17) is 5.73 Å². The lowest BCUT2D eigenvalue weighted by atomic mass is 10.1. The van der Waals surface area contributed by atoms with Crippen molar-refractivity contribution in [2.24, 2.45) is 5.92 Å². The number of aromatic nitrogens is 2. The third kappa shape index (κ3) is 3.77. The molecule has 0 aromatic carbocycles. The third-order valence-corrected chi connectivity index (χ3v) is 2.54. The van der Waals surface area contributed by atoms with Gasteiger partial charge in [-0.3, -0.25) is 0 Å². The first-order valence-electron chi connectivity index (χ1n) is 6.25. The molecular formula is C14H23N3. The second-order valence-electron chi connectivity index (χ2n) is 4.62. The quantitative estimate of drug-likeness (QED) is 0.789. The summed E-state index contributed by atoms with van der Waals surface area (Å²) in [6, 6.07) is 0. The minimum atomic E-state index is 0.487. The molecule has 94 valence electrons. The first kappa shape index (κ1) is 13.6. The summed E-state index contributed by atoms with van der Waals surface area (Å²) in [5.74, 6) is 0.487. The van der Waals surface area contributed by atoms with Crippen LogP contribution in [-0.4, -0.2) is 9.78 Å². The number of rotatable bonds is 5. The molecule has 1 aromatic rings. The minimum Gasteiger partial charge on any atom is -0.396 e. The van der Waals surface area contributed by atoms with Crippen molar-refractivity contribution in [3.63, 3.8) is 0 Å².